The molecule has 0 saturated carbocycles. The van der Waals surface area contributed by atoms with Gasteiger partial charge >= 0.3 is 5.97 Å². The second-order valence-electron chi connectivity index (χ2n) is 4.04. The molecule has 0 amide bonds. The van der Waals surface area contributed by atoms with Crippen LogP contribution >= 0.6 is 0 Å². The summed E-state index contributed by atoms with van der Waals surface area (Å²) in [7, 11) is 0. The summed E-state index contributed by atoms with van der Waals surface area (Å²) >= 11 is 0. The van der Waals surface area contributed by atoms with Crippen LogP contribution in [0.25, 0.3) is 0 Å². The fraction of sp³-hybridized carbons (Fsp3) is 0.500. The van der Waals surface area contributed by atoms with E-state index >= 15 is 0 Å². The Hall–Kier alpha value is -1.42. The molecule has 1 unspecified atom stereocenters. The maximum atomic E-state index is 11.8. The van der Waals surface area contributed by atoms with Gasteiger partial charge in [0.2, 0.25) is 5.78 Å². The van der Waals surface area contributed by atoms with Crippen molar-refractivity contribution in [2.75, 3.05) is 0 Å². The van der Waals surface area contributed by atoms with Gasteiger partial charge in [-0.3, -0.25) is 4.79 Å². The van der Waals surface area contributed by atoms with Gasteiger partial charge < -0.3 is 9.84 Å². The number of ketones is 1. The first-order valence-corrected chi connectivity index (χ1v) is 5.48. The number of carbonyl (C=O) groups is 2. The van der Waals surface area contributed by atoms with Crippen LogP contribution in [-0.4, -0.2) is 22.6 Å². The third kappa shape index (κ3) is 1.50. The lowest BCUT2D eigenvalue weighted by Crippen LogP contribution is -2.41. The zero-order valence-electron chi connectivity index (χ0n) is 9.16. The lowest BCUT2D eigenvalue weighted by atomic mass is 9.90. The minimum absolute atomic E-state index is 0.213. The average Bonchev–Trinajstić information content (AvgIpc) is 2.54. The van der Waals surface area contributed by atoms with Crippen molar-refractivity contribution in [1.82, 2.24) is 0 Å². The molecule has 0 aromatic carbocycles. The minimum Gasteiger partial charge on any atom is -0.418 e. The van der Waals surface area contributed by atoms with Gasteiger partial charge in [0.05, 0.1) is 5.57 Å². The Morgan fingerprint density at radius 1 is 1.62 bits per heavy atom. The molecule has 0 saturated heterocycles. The quantitative estimate of drug-likeness (QED) is 0.730. The molecule has 0 spiro atoms. The number of cyclic esters (lactones) is 1. The molecule has 2 rings (SSSR count). The van der Waals surface area contributed by atoms with Gasteiger partial charge in [-0.1, -0.05) is 19.1 Å². The number of carbonyl (C=O) groups excluding carboxylic acids is 2. The third-order valence-corrected chi connectivity index (χ3v) is 2.90. The smallest absolute Gasteiger partial charge is 0.341 e. The van der Waals surface area contributed by atoms with E-state index in [4.69, 9.17) is 4.74 Å². The molecule has 0 aromatic heterocycles. The van der Waals surface area contributed by atoms with Crippen LogP contribution in [0.15, 0.2) is 23.3 Å². The van der Waals surface area contributed by atoms with Crippen molar-refractivity contribution in [1.29, 1.82) is 0 Å². The average molecular weight is 222 g/mol. The van der Waals surface area contributed by atoms with Crippen LogP contribution in [0.4, 0.5) is 0 Å². The van der Waals surface area contributed by atoms with E-state index in [-0.39, 0.29) is 6.42 Å². The van der Waals surface area contributed by atoms with E-state index in [9.17, 15) is 14.7 Å². The van der Waals surface area contributed by atoms with E-state index in [1.807, 2.05) is 13.0 Å². The monoisotopic (exact) mass is 222 g/mol. The highest BCUT2D eigenvalue weighted by atomic mass is 16.7. The van der Waals surface area contributed by atoms with Crippen LogP contribution in [0.2, 0.25) is 0 Å². The van der Waals surface area contributed by atoms with E-state index in [0.717, 1.165) is 6.42 Å². The predicted octanol–water partition coefficient (Wildman–Crippen LogP) is 1.25. The van der Waals surface area contributed by atoms with Gasteiger partial charge in [-0.25, -0.2) is 4.79 Å². The van der Waals surface area contributed by atoms with Crippen LogP contribution in [0, 0.1) is 0 Å². The van der Waals surface area contributed by atoms with E-state index in [1.54, 1.807) is 6.08 Å². The van der Waals surface area contributed by atoms with Crippen LogP contribution in [0.3, 0.4) is 0 Å². The molecule has 1 aliphatic carbocycles. The molecule has 1 heterocycles. The Labute approximate surface area is 93.6 Å². The number of hydrogen-bond acceptors (Lipinski definition) is 4. The topological polar surface area (TPSA) is 63.6 Å². The molecular weight excluding hydrogens is 208 g/mol. The van der Waals surface area contributed by atoms with Gasteiger partial charge in [0.1, 0.15) is 0 Å². The maximum Gasteiger partial charge on any atom is 0.341 e. The summed E-state index contributed by atoms with van der Waals surface area (Å²) in [6.45, 7) is 1.84. The number of esters is 1. The molecule has 4 heteroatoms. The number of rotatable bonds is 3. The van der Waals surface area contributed by atoms with Gasteiger partial charge in [-0.2, -0.15) is 0 Å². The molecule has 0 fully saturated rings. The van der Waals surface area contributed by atoms with E-state index in [0.29, 0.717) is 24.0 Å². The molecule has 0 radical (unpaired) electrons. The largest absolute Gasteiger partial charge is 0.418 e. The predicted molar refractivity (Wildman–Crippen MR) is 56.4 cm³/mol. The molecule has 1 atom stereocenters. The Morgan fingerprint density at radius 2 is 2.38 bits per heavy atom. The highest BCUT2D eigenvalue weighted by molar-refractivity contribution is 6.03. The van der Waals surface area contributed by atoms with Crippen molar-refractivity contribution in [3.05, 3.63) is 23.3 Å². The molecule has 4 nitrogen and oxygen atoms in total. The summed E-state index contributed by atoms with van der Waals surface area (Å²) in [5, 5.41) is 10.2. The number of ether oxygens (including phenoxy) is 1. The Morgan fingerprint density at radius 3 is 3.06 bits per heavy atom. The fourth-order valence-corrected chi connectivity index (χ4v) is 2.08. The SMILES string of the molecule is CCCC(=O)C1(O)OC(=O)C2=C1CCC=C2. The van der Waals surface area contributed by atoms with Gasteiger partial charge in [-0.15, -0.1) is 0 Å². The van der Waals surface area contributed by atoms with Crippen LogP contribution in [0.1, 0.15) is 32.6 Å². The standard InChI is InChI=1S/C12H14O4/c1-2-5-10(13)12(15)9-7-4-3-6-8(9)11(14)16-12/h3,6,15H,2,4-5,7H2,1H3. The normalized spacial score (nSPS) is 28.0. The van der Waals surface area contributed by atoms with E-state index < -0.39 is 17.5 Å². The summed E-state index contributed by atoms with van der Waals surface area (Å²) < 4.78 is 4.85. The Bertz CT molecular complexity index is 405. The number of allylic oxidation sites excluding steroid dienone is 1. The highest BCUT2D eigenvalue weighted by Crippen LogP contribution is 2.38. The lowest BCUT2D eigenvalue weighted by molar-refractivity contribution is -0.189. The molecule has 0 bridgehead atoms. The van der Waals surface area contributed by atoms with Gasteiger partial charge in [-0.05, 0) is 19.3 Å². The van der Waals surface area contributed by atoms with Gasteiger partial charge in [0.15, 0.2) is 0 Å². The van der Waals surface area contributed by atoms with Crippen molar-refractivity contribution < 1.29 is 19.4 Å². The Kier molecular flexibility index (Phi) is 2.68. The lowest BCUT2D eigenvalue weighted by Gasteiger charge is -2.23. The second-order valence-corrected chi connectivity index (χ2v) is 4.04. The van der Waals surface area contributed by atoms with Crippen molar-refractivity contribution in [2.45, 2.75) is 38.4 Å². The molecule has 1 N–H and O–H groups in total. The molecule has 86 valence electrons. The maximum absolute atomic E-state index is 11.8. The van der Waals surface area contributed by atoms with Gasteiger partial charge in [0.25, 0.3) is 5.79 Å². The first kappa shape index (κ1) is 11.1. The summed E-state index contributed by atoms with van der Waals surface area (Å²) in [6.07, 6.45) is 5.52. The molecule has 0 aromatic rings. The first-order valence-electron chi connectivity index (χ1n) is 5.48. The second kappa shape index (κ2) is 3.87. The molecule has 1 aliphatic heterocycles. The Balaban J connectivity index is 2.37. The van der Waals surface area contributed by atoms with Crippen LogP contribution in [0.5, 0.6) is 0 Å². The third-order valence-electron chi connectivity index (χ3n) is 2.90. The summed E-state index contributed by atoms with van der Waals surface area (Å²) in [6, 6.07) is 0. The van der Waals surface area contributed by atoms with Crippen molar-refractivity contribution in [2.24, 2.45) is 0 Å². The number of aliphatic hydroxyl groups is 1. The van der Waals surface area contributed by atoms with Gasteiger partial charge in [0, 0.05) is 12.0 Å². The van der Waals surface area contributed by atoms with Crippen molar-refractivity contribution in [3.8, 4) is 0 Å². The van der Waals surface area contributed by atoms with Crippen molar-refractivity contribution >= 4 is 11.8 Å². The summed E-state index contributed by atoms with van der Waals surface area (Å²) in [5.41, 5.74) is 0.775. The summed E-state index contributed by atoms with van der Waals surface area (Å²) in [5.74, 6) is -3.02. The number of Topliss-reactive ketones (excluding diaryl/α,β-unsaturated/α-hetero) is 1. The van der Waals surface area contributed by atoms with E-state index in [1.165, 1.54) is 0 Å². The zero-order valence-corrected chi connectivity index (χ0v) is 9.16. The molecule has 2 aliphatic rings. The molecule has 16 heavy (non-hydrogen) atoms. The molecular formula is C12H14O4. The minimum atomic E-state index is -1.99. The van der Waals surface area contributed by atoms with Crippen LogP contribution < -0.4 is 0 Å². The first-order chi connectivity index (χ1) is 7.59. The number of hydrogen-bond donors (Lipinski definition) is 1. The van der Waals surface area contributed by atoms with E-state index in [2.05, 4.69) is 0 Å². The zero-order chi connectivity index (χ0) is 11.8. The van der Waals surface area contributed by atoms with Crippen molar-refractivity contribution in [3.63, 3.8) is 0 Å². The fourth-order valence-electron chi connectivity index (χ4n) is 2.08. The summed E-state index contributed by atoms with van der Waals surface area (Å²) in [4.78, 5) is 23.3. The highest BCUT2D eigenvalue weighted by Gasteiger charge is 2.50. The van der Waals surface area contributed by atoms with Crippen LogP contribution in [-0.2, 0) is 14.3 Å².